The molecule has 0 aliphatic rings. The topological polar surface area (TPSA) is 75.7 Å². The lowest BCUT2D eigenvalue weighted by Crippen LogP contribution is -2.35. The van der Waals surface area contributed by atoms with Gasteiger partial charge in [-0.1, -0.05) is 51.4 Å². The second-order valence-electron chi connectivity index (χ2n) is 5.09. The van der Waals surface area contributed by atoms with Crippen molar-refractivity contribution in [2.75, 3.05) is 20.7 Å². The molecule has 2 unspecified atom stereocenters. The first-order valence-corrected chi connectivity index (χ1v) is 10.9. The Labute approximate surface area is 138 Å². The molecular weight excluding hydrogens is 323 g/mol. The van der Waals surface area contributed by atoms with Crippen LogP contribution in [0.2, 0.25) is 0 Å². The van der Waals surface area contributed by atoms with Gasteiger partial charge in [-0.3, -0.25) is 14.0 Å². The molecule has 0 heterocycles. The van der Waals surface area contributed by atoms with Crippen molar-refractivity contribution >= 4 is 29.9 Å². The van der Waals surface area contributed by atoms with Gasteiger partial charge in [0.15, 0.2) is 0 Å². The summed E-state index contributed by atoms with van der Waals surface area (Å²) < 4.78 is 18.7. The van der Waals surface area contributed by atoms with Gasteiger partial charge >= 0.3 is 11.9 Å². The third kappa shape index (κ3) is 7.16. The van der Waals surface area contributed by atoms with Crippen LogP contribution in [0.5, 0.6) is 0 Å². The largest absolute Gasteiger partial charge is 0.459 e. The van der Waals surface area contributed by atoms with Crippen molar-refractivity contribution < 1.29 is 18.9 Å². The van der Waals surface area contributed by atoms with Crippen molar-refractivity contribution in [2.45, 2.75) is 58.1 Å². The number of carbonyl (C=O) groups excluding carboxylic acids is 2. The monoisotopic (exact) mass is 352 g/mol. The van der Waals surface area contributed by atoms with Gasteiger partial charge < -0.3 is 4.74 Å². The molecule has 0 radical (unpaired) electrons. The molecular formula is C14H29N2O4PS. The van der Waals surface area contributed by atoms with E-state index in [4.69, 9.17) is 4.74 Å². The zero-order valence-electron chi connectivity index (χ0n) is 14.3. The number of hydrogen-bond acceptors (Lipinski definition) is 5. The van der Waals surface area contributed by atoms with E-state index in [0.717, 1.165) is 36.8 Å². The Kier molecular flexibility index (Phi) is 10.8. The van der Waals surface area contributed by atoms with Crippen LogP contribution in [0, 0.1) is 0 Å². The molecule has 0 aromatic rings. The Hall–Kier alpha value is -0.520. The van der Waals surface area contributed by atoms with Gasteiger partial charge in [0, 0.05) is 12.3 Å². The van der Waals surface area contributed by atoms with Crippen LogP contribution in [-0.4, -0.2) is 42.5 Å². The van der Waals surface area contributed by atoms with Crippen molar-refractivity contribution in [1.82, 2.24) is 9.76 Å². The number of amides is 1. The molecule has 0 aliphatic heterocycles. The summed E-state index contributed by atoms with van der Waals surface area (Å²) in [5, 5.41) is 2.79. The van der Waals surface area contributed by atoms with Crippen molar-refractivity contribution in [3.8, 4) is 0 Å². The van der Waals surface area contributed by atoms with E-state index in [-0.39, 0.29) is 11.9 Å². The van der Waals surface area contributed by atoms with E-state index in [2.05, 4.69) is 12.0 Å². The highest BCUT2D eigenvalue weighted by atomic mass is 32.7. The van der Waals surface area contributed by atoms with Crippen LogP contribution in [0.3, 0.4) is 0 Å². The van der Waals surface area contributed by atoms with Gasteiger partial charge in [-0.05, 0) is 19.9 Å². The summed E-state index contributed by atoms with van der Waals surface area (Å²) in [6, 6.07) is 0. The second kappa shape index (κ2) is 11.1. The quantitative estimate of drug-likeness (QED) is 0.281. The van der Waals surface area contributed by atoms with Gasteiger partial charge in [0.2, 0.25) is 0 Å². The van der Waals surface area contributed by atoms with E-state index in [1.54, 1.807) is 0 Å². The van der Waals surface area contributed by atoms with E-state index in [1.165, 1.54) is 25.5 Å². The number of ether oxygens (including phenoxy) is 1. The molecule has 0 aromatic heterocycles. The summed E-state index contributed by atoms with van der Waals surface area (Å²) in [4.78, 5) is 23.8. The highest BCUT2D eigenvalue weighted by Crippen LogP contribution is 2.59. The second-order valence-corrected chi connectivity index (χ2v) is 10.3. The fourth-order valence-electron chi connectivity index (χ4n) is 1.60. The summed E-state index contributed by atoms with van der Waals surface area (Å²) in [6.07, 6.45) is 4.69. The Bertz CT molecular complexity index is 406. The minimum Gasteiger partial charge on any atom is -0.459 e. The highest BCUT2D eigenvalue weighted by molar-refractivity contribution is 8.57. The lowest BCUT2D eigenvalue weighted by atomic mass is 10.2. The molecule has 0 aliphatic carbocycles. The first-order valence-electron chi connectivity index (χ1n) is 7.75. The van der Waals surface area contributed by atoms with E-state index < -0.39 is 18.5 Å². The minimum atomic E-state index is -3.17. The highest BCUT2D eigenvalue weighted by Gasteiger charge is 2.36. The number of carbonyl (C=O) groups is 2. The van der Waals surface area contributed by atoms with Crippen LogP contribution >= 0.6 is 18.0 Å². The molecule has 0 rings (SSSR count). The zero-order valence-corrected chi connectivity index (χ0v) is 16.0. The number of likely N-dealkylation sites (N-methyl/N-ethyl adjacent to an activating group) is 1. The smallest absolute Gasteiger partial charge is 0.397 e. The fraction of sp³-hybridized carbons (Fsp3) is 0.857. The predicted molar refractivity (Wildman–Crippen MR) is 91.9 cm³/mol. The molecule has 1 N–H and O–H groups in total. The maximum absolute atomic E-state index is 12.8. The Morgan fingerprint density at radius 3 is 2.41 bits per heavy atom. The van der Waals surface area contributed by atoms with E-state index >= 15 is 0 Å². The number of esters is 1. The van der Waals surface area contributed by atoms with Crippen LogP contribution in [-0.2, 0) is 18.9 Å². The maximum Gasteiger partial charge on any atom is 0.397 e. The molecule has 130 valence electrons. The van der Waals surface area contributed by atoms with Crippen LogP contribution < -0.4 is 5.09 Å². The molecule has 0 saturated heterocycles. The molecule has 0 fully saturated rings. The molecule has 8 heteroatoms. The number of nitrogens with zero attached hydrogens (tertiary/aromatic N) is 1. The number of hydrogen-bond donors (Lipinski definition) is 1. The summed E-state index contributed by atoms with van der Waals surface area (Å²) in [5.41, 5.74) is 0. The normalized spacial score (nSPS) is 15.0. The summed E-state index contributed by atoms with van der Waals surface area (Å²) in [5.74, 6) is -1.82. The van der Waals surface area contributed by atoms with Gasteiger partial charge in [-0.2, -0.15) is 0 Å². The Balaban J connectivity index is 4.54. The van der Waals surface area contributed by atoms with Gasteiger partial charge in [-0.15, -0.1) is 0 Å². The first kappa shape index (κ1) is 21.5. The molecule has 6 nitrogen and oxygen atoms in total. The zero-order chi connectivity index (χ0) is 17.2. The van der Waals surface area contributed by atoms with Crippen molar-refractivity contribution in [2.24, 2.45) is 0 Å². The predicted octanol–water partition coefficient (Wildman–Crippen LogP) is 3.43. The molecule has 0 spiro atoms. The van der Waals surface area contributed by atoms with E-state index in [1.807, 2.05) is 13.8 Å². The van der Waals surface area contributed by atoms with E-state index in [0.29, 0.717) is 0 Å². The molecule has 0 saturated carbocycles. The van der Waals surface area contributed by atoms with Crippen molar-refractivity contribution in [3.05, 3.63) is 0 Å². The average molecular weight is 352 g/mol. The molecule has 22 heavy (non-hydrogen) atoms. The SMILES string of the molecule is CCCCCCOC(=O)C(=O)N(C)P(=O)(NC)SC(C)CC. The standard InChI is InChI=1S/C14H29N2O4PS/c1-6-8-9-10-11-20-14(18)13(17)16(5)21(19,15-4)22-12(3)7-2/h12H,6-11H2,1-5H3,(H,15,19). The summed E-state index contributed by atoms with van der Waals surface area (Å²) in [6.45, 7) is 3.05. The van der Waals surface area contributed by atoms with Crippen LogP contribution in [0.15, 0.2) is 0 Å². The summed E-state index contributed by atoms with van der Waals surface area (Å²) in [7, 11) is 2.89. The Morgan fingerprint density at radius 2 is 1.91 bits per heavy atom. The number of rotatable bonds is 10. The van der Waals surface area contributed by atoms with Crippen molar-refractivity contribution in [3.63, 3.8) is 0 Å². The summed E-state index contributed by atoms with van der Waals surface area (Å²) >= 11 is 1.18. The number of nitrogens with one attached hydrogen (secondary N) is 1. The Morgan fingerprint density at radius 1 is 1.27 bits per heavy atom. The van der Waals surface area contributed by atoms with E-state index in [9.17, 15) is 14.2 Å². The minimum absolute atomic E-state index is 0.110. The average Bonchev–Trinajstić information content (AvgIpc) is 2.52. The lowest BCUT2D eigenvalue weighted by molar-refractivity contribution is -0.157. The van der Waals surface area contributed by atoms with Gasteiger partial charge in [0.05, 0.1) is 6.61 Å². The van der Waals surface area contributed by atoms with Crippen molar-refractivity contribution in [1.29, 1.82) is 0 Å². The van der Waals surface area contributed by atoms with Gasteiger partial charge in [0.1, 0.15) is 0 Å². The third-order valence-corrected chi connectivity index (χ3v) is 9.01. The molecule has 0 aromatic carbocycles. The van der Waals surface area contributed by atoms with Crippen LogP contribution in [0.4, 0.5) is 0 Å². The fourth-order valence-corrected chi connectivity index (χ4v) is 5.98. The number of unbranched alkanes of at least 4 members (excludes halogenated alkanes) is 3. The van der Waals surface area contributed by atoms with Crippen LogP contribution in [0.25, 0.3) is 0 Å². The van der Waals surface area contributed by atoms with Gasteiger partial charge in [-0.25, -0.2) is 9.88 Å². The molecule has 2 atom stereocenters. The van der Waals surface area contributed by atoms with Gasteiger partial charge in [0.25, 0.3) is 6.65 Å². The third-order valence-electron chi connectivity index (χ3n) is 3.27. The maximum atomic E-state index is 12.8. The molecule has 0 bridgehead atoms. The first-order chi connectivity index (χ1) is 10.3. The lowest BCUT2D eigenvalue weighted by Gasteiger charge is -2.27. The van der Waals surface area contributed by atoms with Crippen LogP contribution in [0.1, 0.15) is 52.9 Å². The molecule has 1 amide bonds.